The van der Waals surface area contributed by atoms with Crippen molar-refractivity contribution in [1.29, 1.82) is 0 Å². The second-order valence-electron chi connectivity index (χ2n) is 4.13. The smallest absolute Gasteiger partial charge is 0.131 e. The monoisotopic (exact) mass is 301 g/mol. The van der Waals surface area contributed by atoms with Gasteiger partial charge < -0.3 is 10.4 Å². The van der Waals surface area contributed by atoms with E-state index in [1.807, 2.05) is 26.8 Å². The molecule has 5 heteroatoms. The van der Waals surface area contributed by atoms with Crippen LogP contribution in [0, 0.1) is 0 Å². The first-order chi connectivity index (χ1) is 8.03. The van der Waals surface area contributed by atoms with Crippen LogP contribution in [0.3, 0.4) is 0 Å². The molecule has 0 unspecified atom stereocenters. The highest BCUT2D eigenvalue weighted by Crippen LogP contribution is 2.17. The summed E-state index contributed by atoms with van der Waals surface area (Å²) in [6, 6.07) is 1.82. The lowest BCUT2D eigenvalue weighted by Gasteiger charge is -2.25. The van der Waals surface area contributed by atoms with E-state index in [-0.39, 0.29) is 0 Å². The Morgan fingerprint density at radius 1 is 1.29 bits per heavy atom. The molecule has 0 spiro atoms. The van der Waals surface area contributed by atoms with E-state index in [0.29, 0.717) is 6.54 Å². The molecule has 2 N–H and O–H groups in total. The van der Waals surface area contributed by atoms with Gasteiger partial charge in [0, 0.05) is 19.0 Å². The van der Waals surface area contributed by atoms with Crippen molar-refractivity contribution in [3.8, 4) is 0 Å². The van der Waals surface area contributed by atoms with Crippen LogP contribution >= 0.6 is 15.9 Å². The predicted molar refractivity (Wildman–Crippen MR) is 73.1 cm³/mol. The zero-order valence-electron chi connectivity index (χ0n) is 10.6. The molecule has 0 radical (unpaired) electrons. The number of rotatable bonds is 6. The minimum absolute atomic E-state index is 0.507. The highest BCUT2D eigenvalue weighted by molar-refractivity contribution is 9.10. The Balaban J connectivity index is 2.72. The molecule has 4 nitrogen and oxygen atoms in total. The van der Waals surface area contributed by atoms with Gasteiger partial charge in [0.1, 0.15) is 16.2 Å². The summed E-state index contributed by atoms with van der Waals surface area (Å²) in [4.78, 5) is 8.60. The third-order valence-corrected chi connectivity index (χ3v) is 3.38. The Hall–Kier alpha value is -0.680. The van der Waals surface area contributed by atoms with E-state index >= 15 is 0 Å². The molecular formula is C12H20BrN3O. The van der Waals surface area contributed by atoms with E-state index in [1.165, 1.54) is 0 Å². The number of aromatic nitrogens is 2. The molecular weight excluding hydrogens is 282 g/mol. The molecule has 0 amide bonds. The first-order valence-electron chi connectivity index (χ1n) is 6.02. The molecule has 0 aliphatic rings. The van der Waals surface area contributed by atoms with Crippen LogP contribution < -0.4 is 5.32 Å². The van der Waals surface area contributed by atoms with E-state index in [4.69, 9.17) is 0 Å². The third-order valence-electron chi connectivity index (χ3n) is 2.97. The first kappa shape index (κ1) is 14.4. The van der Waals surface area contributed by atoms with Crippen LogP contribution in [-0.4, -0.2) is 27.2 Å². The van der Waals surface area contributed by atoms with Gasteiger partial charge in [0.15, 0.2) is 0 Å². The van der Waals surface area contributed by atoms with Crippen LogP contribution in [-0.2, 0) is 6.42 Å². The molecule has 0 atom stereocenters. The molecule has 0 aliphatic carbocycles. The van der Waals surface area contributed by atoms with E-state index in [2.05, 4.69) is 31.2 Å². The largest absolute Gasteiger partial charge is 0.388 e. The fourth-order valence-corrected chi connectivity index (χ4v) is 1.89. The van der Waals surface area contributed by atoms with Gasteiger partial charge in [-0.1, -0.05) is 20.8 Å². The van der Waals surface area contributed by atoms with Crippen LogP contribution in [0.5, 0.6) is 0 Å². The van der Waals surface area contributed by atoms with E-state index in [9.17, 15) is 5.11 Å². The van der Waals surface area contributed by atoms with Crippen molar-refractivity contribution in [3.63, 3.8) is 0 Å². The molecule has 17 heavy (non-hydrogen) atoms. The number of nitrogens with one attached hydrogen (secondary N) is 1. The maximum Gasteiger partial charge on any atom is 0.131 e. The van der Waals surface area contributed by atoms with Gasteiger partial charge in [-0.15, -0.1) is 0 Å². The summed E-state index contributed by atoms with van der Waals surface area (Å²) in [5.41, 5.74) is -0.663. The van der Waals surface area contributed by atoms with Crippen LogP contribution in [0.4, 0.5) is 5.82 Å². The molecule has 1 aromatic heterocycles. The number of aryl methyl sites for hydroxylation is 1. The van der Waals surface area contributed by atoms with Gasteiger partial charge in [0.25, 0.3) is 0 Å². The lowest BCUT2D eigenvalue weighted by molar-refractivity contribution is 0.0456. The second kappa shape index (κ2) is 6.31. The van der Waals surface area contributed by atoms with Gasteiger partial charge >= 0.3 is 0 Å². The molecule has 1 rings (SSSR count). The summed E-state index contributed by atoms with van der Waals surface area (Å²) in [5, 5.41) is 13.3. The highest BCUT2D eigenvalue weighted by Gasteiger charge is 2.21. The van der Waals surface area contributed by atoms with E-state index < -0.39 is 5.60 Å². The van der Waals surface area contributed by atoms with Crippen molar-refractivity contribution in [2.45, 2.75) is 45.6 Å². The lowest BCUT2D eigenvalue weighted by Crippen LogP contribution is -2.35. The summed E-state index contributed by atoms with van der Waals surface area (Å²) in [7, 11) is 0. The van der Waals surface area contributed by atoms with Gasteiger partial charge in [0.2, 0.25) is 0 Å². The Morgan fingerprint density at radius 3 is 2.47 bits per heavy atom. The van der Waals surface area contributed by atoms with Crippen LogP contribution in [0.25, 0.3) is 0 Å². The van der Waals surface area contributed by atoms with Crippen molar-refractivity contribution in [3.05, 3.63) is 16.5 Å². The Bertz CT molecular complexity index is 367. The Morgan fingerprint density at radius 2 is 1.94 bits per heavy atom. The quantitative estimate of drug-likeness (QED) is 0.793. The maximum atomic E-state index is 10.2. The second-order valence-corrected chi connectivity index (χ2v) is 4.94. The average molecular weight is 302 g/mol. The summed E-state index contributed by atoms with van der Waals surface area (Å²) >= 11 is 3.35. The molecule has 0 fully saturated rings. The van der Waals surface area contributed by atoms with Crippen molar-refractivity contribution in [1.82, 2.24) is 9.97 Å². The molecule has 0 aromatic carbocycles. The normalized spacial score (nSPS) is 11.6. The van der Waals surface area contributed by atoms with Crippen LogP contribution in [0.15, 0.2) is 10.7 Å². The number of aliphatic hydroxyl groups is 1. The average Bonchev–Trinajstić information content (AvgIpc) is 2.35. The van der Waals surface area contributed by atoms with Gasteiger partial charge in [-0.05, 0) is 28.8 Å². The Labute approximate surface area is 111 Å². The minimum atomic E-state index is -0.663. The summed E-state index contributed by atoms with van der Waals surface area (Å²) in [6.07, 6.45) is 2.24. The van der Waals surface area contributed by atoms with Crippen molar-refractivity contribution in [2.24, 2.45) is 0 Å². The SMILES string of the molecule is CCc1nc(Br)cc(NCC(O)(CC)CC)n1. The number of hydrogen-bond acceptors (Lipinski definition) is 4. The molecule has 0 aliphatic heterocycles. The van der Waals surface area contributed by atoms with Gasteiger partial charge in [0.05, 0.1) is 5.60 Å². The minimum Gasteiger partial charge on any atom is -0.388 e. The fourth-order valence-electron chi connectivity index (χ4n) is 1.47. The van der Waals surface area contributed by atoms with E-state index in [1.54, 1.807) is 0 Å². The van der Waals surface area contributed by atoms with Crippen LogP contribution in [0.1, 0.15) is 39.4 Å². The molecule has 0 bridgehead atoms. The fraction of sp³-hybridized carbons (Fsp3) is 0.667. The number of hydrogen-bond donors (Lipinski definition) is 2. The van der Waals surface area contributed by atoms with Crippen molar-refractivity contribution in [2.75, 3.05) is 11.9 Å². The number of halogens is 1. The summed E-state index contributed by atoms with van der Waals surface area (Å²) in [5.74, 6) is 1.54. The maximum absolute atomic E-state index is 10.2. The van der Waals surface area contributed by atoms with Crippen LogP contribution in [0.2, 0.25) is 0 Å². The molecule has 1 aromatic rings. The topological polar surface area (TPSA) is 58.0 Å². The summed E-state index contributed by atoms with van der Waals surface area (Å²) in [6.45, 7) is 6.49. The zero-order chi connectivity index (χ0) is 12.9. The third kappa shape index (κ3) is 4.24. The predicted octanol–water partition coefficient (Wildman–Crippen LogP) is 2.76. The van der Waals surface area contributed by atoms with Gasteiger partial charge in [-0.3, -0.25) is 0 Å². The number of nitrogens with zero attached hydrogens (tertiary/aromatic N) is 2. The highest BCUT2D eigenvalue weighted by atomic mass is 79.9. The van der Waals surface area contributed by atoms with Gasteiger partial charge in [-0.25, -0.2) is 9.97 Å². The van der Waals surface area contributed by atoms with Crippen molar-refractivity contribution >= 4 is 21.7 Å². The Kier molecular flexibility index (Phi) is 5.33. The summed E-state index contributed by atoms with van der Waals surface area (Å²) < 4.78 is 0.767. The number of anilines is 1. The van der Waals surface area contributed by atoms with Crippen molar-refractivity contribution < 1.29 is 5.11 Å². The first-order valence-corrected chi connectivity index (χ1v) is 6.82. The lowest BCUT2D eigenvalue weighted by atomic mass is 9.98. The molecule has 96 valence electrons. The van der Waals surface area contributed by atoms with Gasteiger partial charge in [-0.2, -0.15) is 0 Å². The molecule has 1 heterocycles. The standard InChI is InChI=1S/C12H20BrN3O/c1-4-10-15-9(13)7-11(16-10)14-8-12(17,5-2)6-3/h7,17H,4-6,8H2,1-3H3,(H,14,15,16). The zero-order valence-corrected chi connectivity index (χ0v) is 12.2. The molecule has 0 saturated heterocycles. The van der Waals surface area contributed by atoms with E-state index in [0.717, 1.165) is 35.5 Å². The molecule has 0 saturated carbocycles.